The topological polar surface area (TPSA) is 97.1 Å². The van der Waals surface area contributed by atoms with Crippen LogP contribution in [0.25, 0.3) is 0 Å². The molecule has 0 spiro atoms. The fraction of sp³-hybridized carbons (Fsp3) is 0.385. The van der Waals surface area contributed by atoms with Crippen LogP contribution in [-0.2, 0) is 16.6 Å². The summed E-state index contributed by atoms with van der Waals surface area (Å²) in [6, 6.07) is 4.66. The summed E-state index contributed by atoms with van der Waals surface area (Å²) in [5, 5.41) is 10.5. The van der Waals surface area contributed by atoms with E-state index in [9.17, 15) is 8.42 Å². The summed E-state index contributed by atoms with van der Waals surface area (Å²) in [5.74, 6) is 1.10. The second-order valence-electron chi connectivity index (χ2n) is 4.52. The molecule has 2 rings (SSSR count). The Balaban J connectivity index is 2.16. The van der Waals surface area contributed by atoms with Crippen LogP contribution in [0, 0.1) is 6.92 Å². The van der Waals surface area contributed by atoms with E-state index in [-0.39, 0.29) is 10.7 Å². The van der Waals surface area contributed by atoms with Crippen LogP contribution >= 0.6 is 0 Å². The maximum absolute atomic E-state index is 12.3. The van der Waals surface area contributed by atoms with E-state index in [1.165, 1.54) is 18.3 Å². The van der Waals surface area contributed by atoms with Crippen molar-refractivity contribution in [3.8, 4) is 0 Å². The number of anilines is 1. The van der Waals surface area contributed by atoms with Crippen LogP contribution in [0.1, 0.15) is 24.9 Å². The van der Waals surface area contributed by atoms with Gasteiger partial charge in [-0.15, -0.1) is 5.10 Å². The SMILES string of the molecule is CCCNCc1cc(S(=O)(=O)Nc2cccnn2)c(C)o1. The zero-order valence-corrected chi connectivity index (χ0v) is 12.8. The van der Waals surface area contributed by atoms with E-state index < -0.39 is 10.0 Å². The first-order valence-corrected chi connectivity index (χ1v) is 8.12. The minimum atomic E-state index is -3.73. The van der Waals surface area contributed by atoms with Gasteiger partial charge in [0.25, 0.3) is 10.0 Å². The molecule has 2 heterocycles. The van der Waals surface area contributed by atoms with Gasteiger partial charge in [-0.05, 0) is 32.0 Å². The lowest BCUT2D eigenvalue weighted by atomic mass is 10.4. The highest BCUT2D eigenvalue weighted by Gasteiger charge is 2.22. The third-order valence-corrected chi connectivity index (χ3v) is 4.21. The lowest BCUT2D eigenvalue weighted by Crippen LogP contribution is -2.15. The van der Waals surface area contributed by atoms with Gasteiger partial charge in [-0.2, -0.15) is 5.10 Å². The number of aryl methyl sites for hydroxylation is 1. The summed E-state index contributed by atoms with van der Waals surface area (Å²) in [5.41, 5.74) is 0. The number of furan rings is 1. The Labute approximate surface area is 123 Å². The molecule has 0 radical (unpaired) electrons. The lowest BCUT2D eigenvalue weighted by molar-refractivity contribution is 0.457. The summed E-state index contributed by atoms with van der Waals surface area (Å²) in [4.78, 5) is 0.112. The molecule has 0 fully saturated rings. The number of sulfonamides is 1. The van der Waals surface area contributed by atoms with Gasteiger partial charge >= 0.3 is 0 Å². The number of hydrogen-bond donors (Lipinski definition) is 2. The predicted molar refractivity (Wildman–Crippen MR) is 78.3 cm³/mol. The third-order valence-electron chi connectivity index (χ3n) is 2.75. The largest absolute Gasteiger partial charge is 0.464 e. The molecule has 0 aliphatic heterocycles. The summed E-state index contributed by atoms with van der Waals surface area (Å²) in [6.07, 6.45) is 2.47. The van der Waals surface area contributed by atoms with Crippen LogP contribution < -0.4 is 10.0 Å². The Kier molecular flexibility index (Phi) is 4.92. The standard InChI is InChI=1S/C13H18N4O3S/c1-3-6-14-9-11-8-12(10(2)20-11)21(18,19)17-13-5-4-7-15-16-13/h4-5,7-8,14H,3,6,9H2,1-2H3,(H,16,17). The van der Waals surface area contributed by atoms with E-state index in [1.807, 2.05) is 0 Å². The molecule has 0 saturated heterocycles. The molecule has 0 bridgehead atoms. The van der Waals surface area contributed by atoms with Crippen molar-refractivity contribution in [3.63, 3.8) is 0 Å². The first-order valence-electron chi connectivity index (χ1n) is 6.63. The number of aromatic nitrogens is 2. The Morgan fingerprint density at radius 2 is 2.19 bits per heavy atom. The molecule has 0 amide bonds. The fourth-order valence-electron chi connectivity index (χ4n) is 1.82. The number of hydrogen-bond acceptors (Lipinski definition) is 6. The van der Waals surface area contributed by atoms with E-state index in [1.54, 1.807) is 13.0 Å². The lowest BCUT2D eigenvalue weighted by Gasteiger charge is -2.04. The maximum atomic E-state index is 12.3. The average Bonchev–Trinajstić information content (AvgIpc) is 2.82. The zero-order valence-electron chi connectivity index (χ0n) is 12.0. The molecule has 8 heteroatoms. The van der Waals surface area contributed by atoms with Gasteiger partial charge in [0.1, 0.15) is 16.4 Å². The second-order valence-corrected chi connectivity index (χ2v) is 6.18. The Hall–Kier alpha value is -1.93. The van der Waals surface area contributed by atoms with Crippen molar-refractivity contribution < 1.29 is 12.8 Å². The molecule has 7 nitrogen and oxygen atoms in total. The van der Waals surface area contributed by atoms with Gasteiger partial charge in [-0.25, -0.2) is 8.42 Å². The first-order chi connectivity index (χ1) is 10.0. The van der Waals surface area contributed by atoms with Crippen molar-refractivity contribution in [2.24, 2.45) is 0 Å². The minimum absolute atomic E-state index is 0.112. The van der Waals surface area contributed by atoms with E-state index in [0.29, 0.717) is 18.1 Å². The highest BCUT2D eigenvalue weighted by molar-refractivity contribution is 7.92. The molecule has 0 aliphatic carbocycles. The van der Waals surface area contributed by atoms with Gasteiger partial charge in [0, 0.05) is 12.3 Å². The van der Waals surface area contributed by atoms with Crippen LogP contribution in [0.2, 0.25) is 0 Å². The quantitative estimate of drug-likeness (QED) is 0.755. The van der Waals surface area contributed by atoms with Gasteiger partial charge in [-0.1, -0.05) is 6.92 Å². The Bertz CT molecular complexity index is 683. The number of nitrogens with one attached hydrogen (secondary N) is 2. The van der Waals surface area contributed by atoms with Crippen molar-refractivity contribution in [1.82, 2.24) is 15.5 Å². The molecule has 2 N–H and O–H groups in total. The van der Waals surface area contributed by atoms with Crippen molar-refractivity contribution in [3.05, 3.63) is 35.9 Å². The molecule has 0 atom stereocenters. The smallest absolute Gasteiger partial charge is 0.266 e. The monoisotopic (exact) mass is 310 g/mol. The van der Waals surface area contributed by atoms with Gasteiger partial charge in [0.2, 0.25) is 0 Å². The fourth-order valence-corrected chi connectivity index (χ4v) is 3.02. The third kappa shape index (κ3) is 4.02. The molecular weight excluding hydrogens is 292 g/mol. The minimum Gasteiger partial charge on any atom is -0.464 e. The Morgan fingerprint density at radius 1 is 1.38 bits per heavy atom. The normalized spacial score (nSPS) is 11.5. The van der Waals surface area contributed by atoms with Crippen molar-refractivity contribution in [2.45, 2.75) is 31.7 Å². The molecule has 0 aromatic carbocycles. The highest BCUT2D eigenvalue weighted by Crippen LogP contribution is 2.22. The molecule has 114 valence electrons. The number of rotatable bonds is 7. The van der Waals surface area contributed by atoms with E-state index in [0.717, 1.165) is 13.0 Å². The first kappa shape index (κ1) is 15.5. The van der Waals surface area contributed by atoms with E-state index >= 15 is 0 Å². The highest BCUT2D eigenvalue weighted by atomic mass is 32.2. The van der Waals surface area contributed by atoms with Crippen LogP contribution in [0.4, 0.5) is 5.82 Å². The molecular formula is C13H18N4O3S. The Morgan fingerprint density at radius 3 is 2.86 bits per heavy atom. The zero-order chi connectivity index (χ0) is 15.3. The maximum Gasteiger partial charge on any atom is 0.266 e. The van der Waals surface area contributed by atoms with Gasteiger partial charge in [-0.3, -0.25) is 4.72 Å². The van der Waals surface area contributed by atoms with E-state index in [2.05, 4.69) is 27.2 Å². The molecule has 2 aromatic heterocycles. The second kappa shape index (κ2) is 6.68. The summed E-state index contributed by atoms with van der Waals surface area (Å²) in [6.45, 7) is 5.02. The van der Waals surface area contributed by atoms with Crippen LogP contribution in [0.15, 0.2) is 33.7 Å². The number of nitrogens with zero attached hydrogens (tertiary/aromatic N) is 2. The molecule has 0 aliphatic rings. The van der Waals surface area contributed by atoms with Gasteiger partial charge in [0.05, 0.1) is 6.54 Å². The molecule has 2 aromatic rings. The van der Waals surface area contributed by atoms with Crippen molar-refractivity contribution in [1.29, 1.82) is 0 Å². The van der Waals surface area contributed by atoms with Gasteiger partial charge < -0.3 is 9.73 Å². The van der Waals surface area contributed by atoms with Gasteiger partial charge in [0.15, 0.2) is 5.82 Å². The van der Waals surface area contributed by atoms with Crippen LogP contribution in [0.5, 0.6) is 0 Å². The summed E-state index contributed by atoms with van der Waals surface area (Å²) < 4.78 is 32.5. The van der Waals surface area contributed by atoms with E-state index in [4.69, 9.17) is 4.42 Å². The molecule has 0 unspecified atom stereocenters. The molecule has 0 saturated carbocycles. The molecule has 21 heavy (non-hydrogen) atoms. The predicted octanol–water partition coefficient (Wildman–Crippen LogP) is 1.68. The van der Waals surface area contributed by atoms with Crippen molar-refractivity contribution >= 4 is 15.8 Å². The summed E-state index contributed by atoms with van der Waals surface area (Å²) in [7, 11) is -3.73. The van der Waals surface area contributed by atoms with Crippen molar-refractivity contribution in [2.75, 3.05) is 11.3 Å². The average molecular weight is 310 g/mol. The van der Waals surface area contributed by atoms with Crippen LogP contribution in [-0.4, -0.2) is 25.2 Å². The van der Waals surface area contributed by atoms with Crippen LogP contribution in [0.3, 0.4) is 0 Å². The summed E-state index contributed by atoms with van der Waals surface area (Å²) >= 11 is 0.